The molecule has 0 aromatic heterocycles. The molecule has 0 aliphatic heterocycles. The van der Waals surface area contributed by atoms with E-state index >= 15 is 0 Å². The first-order chi connectivity index (χ1) is 26.2. The van der Waals surface area contributed by atoms with Gasteiger partial charge in [0.05, 0.1) is 5.69 Å². The second-order valence-corrected chi connectivity index (χ2v) is 13.8. The van der Waals surface area contributed by atoms with Crippen LogP contribution in [0, 0.1) is 0 Å². The Hall–Kier alpha value is -6.96. The van der Waals surface area contributed by atoms with Crippen LogP contribution >= 0.6 is 0 Å². The molecular weight excluding hydrogens is 639 g/mol. The standard InChI is InChI=1S/C52H35N/c1-35-44-21-9-10-24-48(44)49-26-13-27-51(52(35)49)53(42-30-28-38(29-31-42)46-25-12-18-37-16-5-7-22-45(37)46)43-20-11-19-40(33-43)50-34-41(36-14-3-2-4-15-36)32-39-17-6-8-23-47(39)50/h2-34H,1H2. The van der Waals surface area contributed by atoms with E-state index < -0.39 is 0 Å². The Bertz CT molecular complexity index is 2840. The van der Waals surface area contributed by atoms with E-state index in [1.807, 2.05) is 0 Å². The fourth-order valence-electron chi connectivity index (χ4n) is 8.24. The van der Waals surface area contributed by atoms with Gasteiger partial charge in [0.25, 0.3) is 0 Å². The van der Waals surface area contributed by atoms with Crippen LogP contribution in [0.3, 0.4) is 0 Å². The summed E-state index contributed by atoms with van der Waals surface area (Å²) in [5.74, 6) is 0. The zero-order valence-electron chi connectivity index (χ0n) is 29.2. The van der Waals surface area contributed by atoms with Crippen LogP contribution in [0.1, 0.15) is 11.1 Å². The van der Waals surface area contributed by atoms with Crippen molar-refractivity contribution in [2.45, 2.75) is 0 Å². The molecule has 9 aromatic carbocycles. The maximum absolute atomic E-state index is 4.66. The number of hydrogen-bond donors (Lipinski definition) is 0. The van der Waals surface area contributed by atoms with E-state index in [1.165, 1.54) is 77.2 Å². The lowest BCUT2D eigenvalue weighted by Gasteiger charge is -2.29. The van der Waals surface area contributed by atoms with E-state index in [-0.39, 0.29) is 0 Å². The maximum Gasteiger partial charge on any atom is 0.0546 e. The second kappa shape index (κ2) is 12.7. The largest absolute Gasteiger partial charge is 0.310 e. The Kier molecular flexibility index (Phi) is 7.37. The number of rotatable bonds is 6. The van der Waals surface area contributed by atoms with E-state index in [0.717, 1.165) is 22.6 Å². The Morgan fingerprint density at radius 2 is 0.925 bits per heavy atom. The van der Waals surface area contributed by atoms with Crippen molar-refractivity contribution >= 4 is 44.2 Å². The van der Waals surface area contributed by atoms with Crippen molar-refractivity contribution in [1.82, 2.24) is 0 Å². The summed E-state index contributed by atoms with van der Waals surface area (Å²) in [6.45, 7) is 4.66. The molecule has 53 heavy (non-hydrogen) atoms. The van der Waals surface area contributed by atoms with Crippen LogP contribution in [-0.2, 0) is 0 Å². The van der Waals surface area contributed by atoms with Gasteiger partial charge in [-0.1, -0.05) is 164 Å². The average Bonchev–Trinajstić information content (AvgIpc) is 3.53. The molecule has 10 rings (SSSR count). The minimum Gasteiger partial charge on any atom is -0.310 e. The van der Waals surface area contributed by atoms with Crippen molar-refractivity contribution in [3.05, 3.63) is 218 Å². The summed E-state index contributed by atoms with van der Waals surface area (Å²) in [7, 11) is 0. The lowest BCUT2D eigenvalue weighted by molar-refractivity contribution is 1.28. The molecule has 0 heterocycles. The van der Waals surface area contributed by atoms with E-state index in [4.69, 9.17) is 0 Å². The van der Waals surface area contributed by atoms with Gasteiger partial charge < -0.3 is 4.90 Å². The average molecular weight is 674 g/mol. The van der Waals surface area contributed by atoms with Crippen molar-refractivity contribution in [2.75, 3.05) is 4.90 Å². The molecule has 9 aromatic rings. The Balaban J connectivity index is 1.16. The molecule has 1 aliphatic carbocycles. The minimum absolute atomic E-state index is 1.06. The maximum atomic E-state index is 4.66. The first-order valence-electron chi connectivity index (χ1n) is 18.2. The Morgan fingerprint density at radius 1 is 0.321 bits per heavy atom. The lowest BCUT2D eigenvalue weighted by Crippen LogP contribution is -2.12. The smallest absolute Gasteiger partial charge is 0.0546 e. The van der Waals surface area contributed by atoms with Gasteiger partial charge >= 0.3 is 0 Å². The number of fused-ring (bicyclic) bond motifs is 5. The molecule has 0 spiro atoms. The first kappa shape index (κ1) is 30.8. The SMILES string of the molecule is C=C1c2ccccc2-c2cccc(N(c3ccc(-c4cccc5ccccc45)cc3)c3cccc(-c4cc(-c5ccccc5)cc5ccccc45)c3)c21. The summed E-state index contributed by atoms with van der Waals surface area (Å²) in [5, 5.41) is 4.96. The summed E-state index contributed by atoms with van der Waals surface area (Å²) >= 11 is 0. The van der Waals surface area contributed by atoms with Gasteiger partial charge in [-0.25, -0.2) is 0 Å². The van der Waals surface area contributed by atoms with Crippen molar-refractivity contribution in [3.63, 3.8) is 0 Å². The zero-order valence-corrected chi connectivity index (χ0v) is 29.2. The molecule has 1 nitrogen and oxygen atoms in total. The van der Waals surface area contributed by atoms with E-state index in [0.29, 0.717) is 0 Å². The summed E-state index contributed by atoms with van der Waals surface area (Å²) in [4.78, 5) is 2.41. The van der Waals surface area contributed by atoms with Crippen LogP contribution in [0.25, 0.3) is 71.6 Å². The van der Waals surface area contributed by atoms with Crippen LogP contribution in [0.15, 0.2) is 207 Å². The molecule has 0 N–H and O–H groups in total. The van der Waals surface area contributed by atoms with Gasteiger partial charge in [-0.05, 0) is 120 Å². The second-order valence-electron chi connectivity index (χ2n) is 13.8. The van der Waals surface area contributed by atoms with Crippen LogP contribution in [-0.4, -0.2) is 0 Å². The minimum atomic E-state index is 1.06. The highest BCUT2D eigenvalue weighted by atomic mass is 15.1. The van der Waals surface area contributed by atoms with Crippen LogP contribution in [0.5, 0.6) is 0 Å². The third-order valence-corrected chi connectivity index (χ3v) is 10.7. The van der Waals surface area contributed by atoms with Crippen molar-refractivity contribution in [2.24, 2.45) is 0 Å². The molecule has 0 fully saturated rings. The Morgan fingerprint density at radius 3 is 1.75 bits per heavy atom. The van der Waals surface area contributed by atoms with Crippen molar-refractivity contribution < 1.29 is 0 Å². The number of anilines is 3. The van der Waals surface area contributed by atoms with Gasteiger partial charge in [-0.15, -0.1) is 0 Å². The number of hydrogen-bond acceptors (Lipinski definition) is 1. The molecule has 0 bridgehead atoms. The third-order valence-electron chi connectivity index (χ3n) is 10.7. The summed E-state index contributed by atoms with van der Waals surface area (Å²) in [5.41, 5.74) is 16.4. The quantitative estimate of drug-likeness (QED) is 0.170. The van der Waals surface area contributed by atoms with Crippen LogP contribution < -0.4 is 4.90 Å². The normalized spacial score (nSPS) is 11.8. The van der Waals surface area contributed by atoms with Crippen LogP contribution in [0.4, 0.5) is 17.1 Å². The van der Waals surface area contributed by atoms with Gasteiger partial charge in [0.1, 0.15) is 0 Å². The third kappa shape index (κ3) is 5.25. The molecular formula is C52H35N. The molecule has 1 heteroatoms. The molecule has 0 unspecified atom stereocenters. The van der Waals surface area contributed by atoms with E-state index in [2.05, 4.69) is 212 Å². The fourth-order valence-corrected chi connectivity index (χ4v) is 8.24. The number of nitrogens with zero attached hydrogens (tertiary/aromatic N) is 1. The van der Waals surface area contributed by atoms with Crippen molar-refractivity contribution in [1.29, 1.82) is 0 Å². The van der Waals surface area contributed by atoms with E-state index in [1.54, 1.807) is 0 Å². The molecule has 0 amide bonds. The molecule has 0 atom stereocenters. The summed E-state index contributed by atoms with van der Waals surface area (Å²) in [6.07, 6.45) is 0. The highest BCUT2D eigenvalue weighted by molar-refractivity contribution is 6.07. The lowest BCUT2D eigenvalue weighted by atomic mass is 9.92. The van der Waals surface area contributed by atoms with Crippen molar-refractivity contribution in [3.8, 4) is 44.5 Å². The monoisotopic (exact) mass is 673 g/mol. The van der Waals surface area contributed by atoms with Gasteiger partial charge in [-0.2, -0.15) is 0 Å². The van der Waals surface area contributed by atoms with Gasteiger partial charge in [0, 0.05) is 16.9 Å². The van der Waals surface area contributed by atoms with Crippen LogP contribution in [0.2, 0.25) is 0 Å². The zero-order chi connectivity index (χ0) is 35.3. The fraction of sp³-hybridized carbons (Fsp3) is 0. The molecule has 248 valence electrons. The molecule has 0 saturated heterocycles. The predicted molar refractivity (Wildman–Crippen MR) is 226 cm³/mol. The van der Waals surface area contributed by atoms with Gasteiger partial charge in [0.15, 0.2) is 0 Å². The summed E-state index contributed by atoms with van der Waals surface area (Å²) < 4.78 is 0. The van der Waals surface area contributed by atoms with E-state index in [9.17, 15) is 0 Å². The van der Waals surface area contributed by atoms with Gasteiger partial charge in [-0.3, -0.25) is 0 Å². The predicted octanol–water partition coefficient (Wildman–Crippen LogP) is 14.5. The highest BCUT2D eigenvalue weighted by Crippen LogP contribution is 2.51. The summed E-state index contributed by atoms with van der Waals surface area (Å²) in [6, 6.07) is 72.6. The molecule has 0 radical (unpaired) electrons. The highest BCUT2D eigenvalue weighted by Gasteiger charge is 2.28. The molecule has 0 saturated carbocycles. The molecule has 1 aliphatic rings. The first-order valence-corrected chi connectivity index (χ1v) is 18.2. The Labute approximate surface area is 310 Å². The topological polar surface area (TPSA) is 3.24 Å². The van der Waals surface area contributed by atoms with Gasteiger partial charge in [0.2, 0.25) is 0 Å². The number of benzene rings is 9.